The highest BCUT2D eigenvalue weighted by atomic mass is 16.2. The van der Waals surface area contributed by atoms with Crippen LogP contribution in [0.1, 0.15) is 50.5 Å². The first kappa shape index (κ1) is 17.3. The van der Waals surface area contributed by atoms with Gasteiger partial charge in [-0.25, -0.2) is 10.1 Å². The van der Waals surface area contributed by atoms with Crippen LogP contribution in [0.5, 0.6) is 0 Å². The molecule has 6 nitrogen and oxygen atoms in total. The zero-order valence-electron chi connectivity index (χ0n) is 15.0. The Hall–Kier alpha value is -2.50. The van der Waals surface area contributed by atoms with Crippen LogP contribution >= 0.6 is 0 Å². The van der Waals surface area contributed by atoms with Crippen molar-refractivity contribution in [1.82, 2.24) is 15.2 Å². The first-order valence-corrected chi connectivity index (χ1v) is 8.90. The Bertz CT molecular complexity index is 873. The Morgan fingerprint density at radius 1 is 1.24 bits per heavy atom. The molecule has 1 aliphatic rings. The Balaban J connectivity index is 1.97. The molecular formula is C19H24N4O2. The lowest BCUT2D eigenvalue weighted by Crippen LogP contribution is -2.31. The van der Waals surface area contributed by atoms with Crippen molar-refractivity contribution in [3.8, 4) is 0 Å². The molecule has 2 atom stereocenters. The molecule has 1 saturated carbocycles. The molecule has 0 spiro atoms. The maximum absolute atomic E-state index is 12.7. The molecule has 1 fully saturated rings. The number of aromatic nitrogens is 2. The van der Waals surface area contributed by atoms with E-state index in [0.717, 1.165) is 18.6 Å². The van der Waals surface area contributed by atoms with Crippen LogP contribution in [0.3, 0.4) is 0 Å². The average Bonchev–Trinajstić information content (AvgIpc) is 2.61. The van der Waals surface area contributed by atoms with Crippen molar-refractivity contribution in [2.75, 3.05) is 0 Å². The standard InChI is InChI=1S/C19H24N4O2/c1-4-23-19(25)15-11-6-5-10-14(15)17(22-23)18(24)21-20-16-12(2)8-7-9-13(16)3/h5-6,10-13H,4,7-9H2,1-3H3,(H,21,24)/t12-,13+. The molecule has 1 amide bonds. The van der Waals surface area contributed by atoms with Crippen molar-refractivity contribution in [2.24, 2.45) is 16.9 Å². The molecule has 3 rings (SSSR count). The van der Waals surface area contributed by atoms with Crippen LogP contribution in [0.4, 0.5) is 0 Å². The van der Waals surface area contributed by atoms with Crippen LogP contribution in [-0.2, 0) is 6.54 Å². The normalized spacial score (nSPS) is 22.3. The number of rotatable bonds is 3. The number of fused-ring (bicyclic) bond motifs is 1. The van der Waals surface area contributed by atoms with E-state index in [2.05, 4.69) is 29.5 Å². The molecule has 0 radical (unpaired) electrons. The molecule has 2 aromatic rings. The van der Waals surface area contributed by atoms with E-state index >= 15 is 0 Å². The van der Waals surface area contributed by atoms with Crippen LogP contribution in [0.15, 0.2) is 34.2 Å². The predicted octanol–water partition coefficient (Wildman–Crippen LogP) is 2.96. The van der Waals surface area contributed by atoms with Crippen molar-refractivity contribution < 1.29 is 4.79 Å². The number of amides is 1. The number of nitrogens with zero attached hydrogens (tertiary/aromatic N) is 3. The molecule has 1 aromatic heterocycles. The third-order valence-corrected chi connectivity index (χ3v) is 4.95. The van der Waals surface area contributed by atoms with Gasteiger partial charge in [-0.3, -0.25) is 9.59 Å². The number of aryl methyl sites for hydroxylation is 1. The lowest BCUT2D eigenvalue weighted by molar-refractivity contribution is 0.0948. The van der Waals surface area contributed by atoms with Gasteiger partial charge in [-0.05, 0) is 37.7 Å². The lowest BCUT2D eigenvalue weighted by atomic mass is 9.81. The highest BCUT2D eigenvalue weighted by Crippen LogP contribution is 2.25. The Morgan fingerprint density at radius 2 is 1.88 bits per heavy atom. The van der Waals surface area contributed by atoms with Crippen molar-refractivity contribution in [2.45, 2.75) is 46.6 Å². The summed E-state index contributed by atoms with van der Waals surface area (Å²) >= 11 is 0. The van der Waals surface area contributed by atoms with Crippen molar-refractivity contribution >= 4 is 22.4 Å². The lowest BCUT2D eigenvalue weighted by Gasteiger charge is -2.26. The van der Waals surface area contributed by atoms with Crippen molar-refractivity contribution in [3.05, 3.63) is 40.3 Å². The molecule has 6 heteroatoms. The predicted molar refractivity (Wildman–Crippen MR) is 98.8 cm³/mol. The zero-order valence-corrected chi connectivity index (χ0v) is 15.0. The first-order valence-electron chi connectivity index (χ1n) is 8.90. The molecule has 0 unspecified atom stereocenters. The van der Waals surface area contributed by atoms with E-state index in [1.54, 1.807) is 24.3 Å². The minimum atomic E-state index is -0.379. The fourth-order valence-corrected chi connectivity index (χ4v) is 3.52. The summed E-state index contributed by atoms with van der Waals surface area (Å²) in [6.07, 6.45) is 3.39. The number of hydrogen-bond donors (Lipinski definition) is 1. The highest BCUT2D eigenvalue weighted by Gasteiger charge is 2.23. The molecule has 0 bridgehead atoms. The molecule has 1 N–H and O–H groups in total. The molecule has 25 heavy (non-hydrogen) atoms. The summed E-state index contributed by atoms with van der Waals surface area (Å²) in [6, 6.07) is 7.06. The number of hydrogen-bond acceptors (Lipinski definition) is 4. The fraction of sp³-hybridized carbons (Fsp3) is 0.474. The summed E-state index contributed by atoms with van der Waals surface area (Å²) in [5.41, 5.74) is 3.75. The van der Waals surface area contributed by atoms with E-state index in [4.69, 9.17) is 0 Å². The maximum atomic E-state index is 12.7. The van der Waals surface area contributed by atoms with Crippen molar-refractivity contribution in [1.29, 1.82) is 0 Å². The summed E-state index contributed by atoms with van der Waals surface area (Å²) in [6.45, 7) is 6.53. The summed E-state index contributed by atoms with van der Waals surface area (Å²) in [4.78, 5) is 25.1. The van der Waals surface area contributed by atoms with Crippen LogP contribution in [0.2, 0.25) is 0 Å². The number of benzene rings is 1. The third kappa shape index (κ3) is 3.34. The molecule has 0 aliphatic heterocycles. The van der Waals surface area contributed by atoms with Gasteiger partial charge in [0.25, 0.3) is 11.5 Å². The SMILES string of the molecule is CCn1nc(C(=O)NN=C2[C@H](C)CCC[C@@H]2C)c2ccccc2c1=O. The van der Waals surface area contributed by atoms with Gasteiger partial charge in [-0.2, -0.15) is 10.2 Å². The summed E-state index contributed by atoms with van der Waals surface area (Å²) in [7, 11) is 0. The molecule has 1 aliphatic carbocycles. The average molecular weight is 340 g/mol. The molecule has 0 saturated heterocycles. The first-order chi connectivity index (χ1) is 12.0. The van der Waals surface area contributed by atoms with Gasteiger partial charge in [-0.15, -0.1) is 0 Å². The van der Waals surface area contributed by atoms with E-state index in [9.17, 15) is 9.59 Å². The smallest absolute Gasteiger partial charge is 0.267 e. The Labute approximate surface area is 146 Å². The fourth-order valence-electron chi connectivity index (χ4n) is 3.52. The van der Waals surface area contributed by atoms with E-state index in [-0.39, 0.29) is 17.2 Å². The van der Waals surface area contributed by atoms with Gasteiger partial charge in [0.1, 0.15) is 0 Å². The quantitative estimate of drug-likeness (QED) is 0.873. The van der Waals surface area contributed by atoms with E-state index in [1.165, 1.54) is 11.1 Å². The van der Waals surface area contributed by atoms with E-state index < -0.39 is 0 Å². The van der Waals surface area contributed by atoms with Crippen LogP contribution in [0.25, 0.3) is 10.8 Å². The van der Waals surface area contributed by atoms with Crippen LogP contribution < -0.4 is 11.0 Å². The van der Waals surface area contributed by atoms with Crippen LogP contribution in [0, 0.1) is 11.8 Å². The number of nitrogens with one attached hydrogen (secondary N) is 1. The minimum Gasteiger partial charge on any atom is -0.267 e. The largest absolute Gasteiger partial charge is 0.292 e. The molecule has 1 aromatic carbocycles. The summed E-state index contributed by atoms with van der Waals surface area (Å²) in [5, 5.41) is 9.69. The highest BCUT2D eigenvalue weighted by molar-refractivity contribution is 6.05. The summed E-state index contributed by atoms with van der Waals surface area (Å²) < 4.78 is 1.32. The Morgan fingerprint density at radius 3 is 2.52 bits per heavy atom. The van der Waals surface area contributed by atoms with Gasteiger partial charge >= 0.3 is 0 Å². The third-order valence-electron chi connectivity index (χ3n) is 4.95. The van der Waals surface area contributed by atoms with Gasteiger partial charge in [-0.1, -0.05) is 38.5 Å². The van der Waals surface area contributed by atoms with Gasteiger partial charge in [0.15, 0.2) is 5.69 Å². The van der Waals surface area contributed by atoms with E-state index in [1.807, 2.05) is 6.92 Å². The maximum Gasteiger partial charge on any atom is 0.292 e. The van der Waals surface area contributed by atoms with Gasteiger partial charge in [0.2, 0.25) is 0 Å². The van der Waals surface area contributed by atoms with Gasteiger partial charge in [0.05, 0.1) is 5.39 Å². The second-order valence-electron chi connectivity index (χ2n) is 6.73. The monoisotopic (exact) mass is 340 g/mol. The second-order valence-corrected chi connectivity index (χ2v) is 6.73. The Kier molecular flexibility index (Phi) is 4.97. The molecule has 1 heterocycles. The zero-order chi connectivity index (χ0) is 18.0. The van der Waals surface area contributed by atoms with Gasteiger partial charge < -0.3 is 0 Å². The second kappa shape index (κ2) is 7.17. The number of carbonyl (C=O) groups is 1. The summed E-state index contributed by atoms with van der Waals surface area (Å²) in [5.74, 6) is 0.368. The van der Waals surface area contributed by atoms with Crippen LogP contribution in [-0.4, -0.2) is 21.4 Å². The number of carbonyl (C=O) groups excluding carboxylic acids is 1. The molecular weight excluding hydrogens is 316 g/mol. The topological polar surface area (TPSA) is 76.3 Å². The van der Waals surface area contributed by atoms with E-state index in [0.29, 0.717) is 29.2 Å². The van der Waals surface area contributed by atoms with Crippen molar-refractivity contribution in [3.63, 3.8) is 0 Å². The molecule has 132 valence electrons. The number of hydrazone groups is 1. The minimum absolute atomic E-state index is 0.185. The van der Waals surface area contributed by atoms with Gasteiger partial charge in [0, 0.05) is 17.6 Å².